The fourth-order valence-corrected chi connectivity index (χ4v) is 4.20. The van der Waals surface area contributed by atoms with Gasteiger partial charge in [0.15, 0.2) is 16.7 Å². The van der Waals surface area contributed by atoms with Crippen LogP contribution in [-0.2, 0) is 9.53 Å². The molecule has 1 aromatic heterocycles. The summed E-state index contributed by atoms with van der Waals surface area (Å²) in [5.74, 6) is 1.08. The average Bonchev–Trinajstić information content (AvgIpc) is 2.76. The van der Waals surface area contributed by atoms with Gasteiger partial charge in [0, 0.05) is 17.3 Å². The monoisotopic (exact) mass is 447 g/mol. The first-order chi connectivity index (χ1) is 14.9. The maximum absolute atomic E-state index is 13.2. The zero-order valence-electron chi connectivity index (χ0n) is 18.2. The number of methoxy groups -OCH3 is 4. The van der Waals surface area contributed by atoms with Crippen LogP contribution < -0.4 is 25.1 Å². The minimum atomic E-state index is -0.796. The molecule has 0 saturated heterocycles. The van der Waals surface area contributed by atoms with Crippen LogP contribution in [0.2, 0.25) is 0 Å². The Kier molecular flexibility index (Phi) is 6.79. The Morgan fingerprint density at radius 3 is 2.32 bits per heavy atom. The second kappa shape index (κ2) is 9.34. The SMILES string of the molecule is CCSc1nc2c(c(=O)[nH]1)C(c1cc(OC)c(OC)cc1OC)C(C(=O)OC)=C(C)N2. The van der Waals surface area contributed by atoms with Gasteiger partial charge in [0.2, 0.25) is 0 Å². The number of aromatic amines is 1. The Hall–Kier alpha value is -3.14. The Balaban J connectivity index is 2.36. The molecule has 0 radical (unpaired) electrons. The van der Waals surface area contributed by atoms with E-state index in [1.165, 1.54) is 40.2 Å². The van der Waals surface area contributed by atoms with Gasteiger partial charge in [-0.15, -0.1) is 0 Å². The number of carbonyl (C=O) groups excluding carboxylic acids is 1. The van der Waals surface area contributed by atoms with Crippen molar-refractivity contribution in [2.45, 2.75) is 24.9 Å². The molecule has 1 aromatic carbocycles. The Morgan fingerprint density at radius 2 is 1.74 bits per heavy atom. The van der Waals surface area contributed by atoms with E-state index in [2.05, 4.69) is 15.3 Å². The van der Waals surface area contributed by atoms with Crippen molar-refractivity contribution in [2.24, 2.45) is 0 Å². The molecule has 1 atom stereocenters. The third-order valence-corrected chi connectivity index (χ3v) is 5.71. The van der Waals surface area contributed by atoms with Gasteiger partial charge in [0.1, 0.15) is 11.6 Å². The number of ether oxygens (including phenoxy) is 4. The lowest BCUT2D eigenvalue weighted by atomic mass is 9.81. The highest BCUT2D eigenvalue weighted by molar-refractivity contribution is 7.99. The zero-order chi connectivity index (χ0) is 22.7. The number of nitrogens with one attached hydrogen (secondary N) is 2. The highest BCUT2D eigenvalue weighted by Gasteiger charge is 2.38. The molecular formula is C21H25N3O6S. The molecule has 2 aromatic rings. The van der Waals surface area contributed by atoms with Crippen LogP contribution in [0.15, 0.2) is 33.4 Å². The number of H-pyrrole nitrogens is 1. The zero-order valence-corrected chi connectivity index (χ0v) is 19.1. The molecule has 9 nitrogen and oxygen atoms in total. The smallest absolute Gasteiger partial charge is 0.336 e. The van der Waals surface area contributed by atoms with Gasteiger partial charge >= 0.3 is 5.97 Å². The summed E-state index contributed by atoms with van der Waals surface area (Å²) in [4.78, 5) is 33.3. The molecule has 0 bridgehead atoms. The van der Waals surface area contributed by atoms with Crippen molar-refractivity contribution in [3.05, 3.63) is 44.9 Å². The number of anilines is 1. The molecule has 2 heterocycles. The van der Waals surface area contributed by atoms with Crippen molar-refractivity contribution in [2.75, 3.05) is 39.5 Å². The maximum atomic E-state index is 13.2. The summed E-state index contributed by atoms with van der Waals surface area (Å²) in [6.07, 6.45) is 0. The Labute approximate surface area is 184 Å². The molecule has 3 rings (SSSR count). The molecule has 2 N–H and O–H groups in total. The molecule has 10 heteroatoms. The van der Waals surface area contributed by atoms with E-state index >= 15 is 0 Å². The van der Waals surface area contributed by atoms with Crippen LogP contribution in [0, 0.1) is 0 Å². The first-order valence-corrected chi connectivity index (χ1v) is 10.5. The van der Waals surface area contributed by atoms with E-state index in [1.54, 1.807) is 19.1 Å². The van der Waals surface area contributed by atoms with E-state index < -0.39 is 11.9 Å². The van der Waals surface area contributed by atoms with Crippen molar-refractivity contribution in [3.63, 3.8) is 0 Å². The molecule has 0 saturated carbocycles. The van der Waals surface area contributed by atoms with Gasteiger partial charge in [-0.25, -0.2) is 9.78 Å². The number of hydrogen-bond acceptors (Lipinski definition) is 9. The third kappa shape index (κ3) is 4.07. The summed E-state index contributed by atoms with van der Waals surface area (Å²) in [6.45, 7) is 3.71. The molecular weight excluding hydrogens is 422 g/mol. The summed E-state index contributed by atoms with van der Waals surface area (Å²) in [5, 5.41) is 3.58. The fraction of sp³-hybridized carbons (Fsp3) is 0.381. The number of aromatic nitrogens is 2. The van der Waals surface area contributed by atoms with Crippen LogP contribution >= 0.6 is 11.8 Å². The topological polar surface area (TPSA) is 112 Å². The highest BCUT2D eigenvalue weighted by atomic mass is 32.2. The van der Waals surface area contributed by atoms with Crippen molar-refractivity contribution < 1.29 is 23.7 Å². The molecule has 1 unspecified atom stereocenters. The van der Waals surface area contributed by atoms with E-state index in [4.69, 9.17) is 18.9 Å². The van der Waals surface area contributed by atoms with Crippen molar-refractivity contribution in [3.8, 4) is 17.2 Å². The number of thioether (sulfide) groups is 1. The second-order valence-corrected chi connectivity index (χ2v) is 7.86. The predicted molar refractivity (Wildman–Crippen MR) is 118 cm³/mol. The van der Waals surface area contributed by atoms with Crippen LogP contribution in [0.3, 0.4) is 0 Å². The second-order valence-electron chi connectivity index (χ2n) is 6.60. The summed E-state index contributed by atoms with van der Waals surface area (Å²) in [5.41, 5.74) is 1.29. The first kappa shape index (κ1) is 22.5. The molecule has 0 amide bonds. The van der Waals surface area contributed by atoms with Gasteiger partial charge in [-0.05, 0) is 18.7 Å². The van der Waals surface area contributed by atoms with Crippen LogP contribution in [-0.4, -0.2) is 50.1 Å². The summed E-state index contributed by atoms with van der Waals surface area (Å²) >= 11 is 1.42. The number of rotatable bonds is 7. The summed E-state index contributed by atoms with van der Waals surface area (Å²) < 4.78 is 21.4. The fourth-order valence-electron chi connectivity index (χ4n) is 3.61. The van der Waals surface area contributed by atoms with Gasteiger partial charge in [-0.3, -0.25) is 4.79 Å². The number of nitrogens with zero attached hydrogens (tertiary/aromatic N) is 1. The number of esters is 1. The van der Waals surface area contributed by atoms with E-state index in [-0.39, 0.29) is 16.7 Å². The number of carbonyl (C=O) groups is 1. The first-order valence-electron chi connectivity index (χ1n) is 9.53. The number of benzene rings is 1. The quantitative estimate of drug-likeness (QED) is 0.376. The van der Waals surface area contributed by atoms with E-state index in [1.807, 2.05) is 6.92 Å². The molecule has 0 fully saturated rings. The molecule has 0 aliphatic carbocycles. The maximum Gasteiger partial charge on any atom is 0.336 e. The average molecular weight is 448 g/mol. The largest absolute Gasteiger partial charge is 0.496 e. The van der Waals surface area contributed by atoms with Gasteiger partial charge in [0.25, 0.3) is 5.56 Å². The lowest BCUT2D eigenvalue weighted by Crippen LogP contribution is -2.31. The lowest BCUT2D eigenvalue weighted by Gasteiger charge is -2.29. The summed E-state index contributed by atoms with van der Waals surface area (Å²) in [7, 11) is 5.83. The lowest BCUT2D eigenvalue weighted by molar-refractivity contribution is -0.136. The van der Waals surface area contributed by atoms with Gasteiger partial charge in [-0.2, -0.15) is 0 Å². The minimum Gasteiger partial charge on any atom is -0.496 e. The standard InChI is InChI=1S/C21H25N3O6S/c1-7-31-21-23-18-17(19(25)24-21)16(15(10(2)22-18)20(26)30-6)11-8-13(28-4)14(29-5)9-12(11)27-3/h8-9,16H,7H2,1-6H3,(H2,22,23,24,25). The predicted octanol–water partition coefficient (Wildman–Crippen LogP) is 2.91. The van der Waals surface area contributed by atoms with Crippen molar-refractivity contribution >= 4 is 23.5 Å². The van der Waals surface area contributed by atoms with Crippen molar-refractivity contribution in [1.29, 1.82) is 0 Å². The van der Waals surface area contributed by atoms with Crippen LogP contribution in [0.4, 0.5) is 5.82 Å². The number of allylic oxidation sites excluding steroid dienone is 1. The Morgan fingerprint density at radius 1 is 1.10 bits per heavy atom. The van der Waals surface area contributed by atoms with Gasteiger partial charge < -0.3 is 29.2 Å². The normalized spacial score (nSPS) is 15.1. The van der Waals surface area contributed by atoms with Crippen LogP contribution in [0.25, 0.3) is 0 Å². The molecule has 0 spiro atoms. The minimum absolute atomic E-state index is 0.281. The van der Waals surface area contributed by atoms with E-state index in [0.29, 0.717) is 39.5 Å². The van der Waals surface area contributed by atoms with Crippen molar-refractivity contribution in [1.82, 2.24) is 9.97 Å². The van der Waals surface area contributed by atoms with E-state index in [9.17, 15) is 9.59 Å². The number of fused-ring (bicyclic) bond motifs is 1. The van der Waals surface area contributed by atoms with Crippen LogP contribution in [0.1, 0.15) is 30.9 Å². The number of hydrogen-bond donors (Lipinski definition) is 2. The Bertz CT molecular complexity index is 1100. The van der Waals surface area contributed by atoms with Gasteiger partial charge in [0.05, 0.1) is 45.5 Å². The van der Waals surface area contributed by atoms with E-state index in [0.717, 1.165) is 5.75 Å². The summed E-state index contributed by atoms with van der Waals surface area (Å²) in [6, 6.07) is 3.35. The highest BCUT2D eigenvalue weighted by Crippen LogP contribution is 2.46. The van der Waals surface area contributed by atoms with Crippen LogP contribution in [0.5, 0.6) is 17.2 Å². The molecule has 1 aliphatic heterocycles. The van der Waals surface area contributed by atoms with Gasteiger partial charge in [-0.1, -0.05) is 18.7 Å². The molecule has 1 aliphatic rings. The third-order valence-electron chi connectivity index (χ3n) is 4.95. The molecule has 31 heavy (non-hydrogen) atoms. The molecule has 166 valence electrons.